The van der Waals surface area contributed by atoms with Gasteiger partial charge in [0.15, 0.2) is 0 Å². The third-order valence-corrected chi connectivity index (χ3v) is 4.68. The molecule has 29 heavy (non-hydrogen) atoms. The zero-order valence-electron chi connectivity index (χ0n) is 18.5. The average Bonchev–Trinajstić information content (AvgIpc) is 2.70. The van der Waals surface area contributed by atoms with Gasteiger partial charge in [0.25, 0.3) is 0 Å². The van der Waals surface area contributed by atoms with Gasteiger partial charge < -0.3 is 10.5 Å². The minimum atomic E-state index is -0.291. The van der Waals surface area contributed by atoms with Crippen molar-refractivity contribution in [2.24, 2.45) is 5.73 Å². The standard InChI is InChI=1S/C16H16O2.C4H8N2S.C4H10/c1-11-4-6-14(7-5-11)15-8-9-16(12(2)10-15)18-13(3)17;1-7-4(6)2-3-5;1-3-4-2/h4-10H,1-3H3;4H,2,6H2,1H3;3-4H2,1-2H3. The number of benzene rings is 2. The molecule has 158 valence electrons. The van der Waals surface area contributed by atoms with Crippen molar-refractivity contribution in [3.05, 3.63) is 53.6 Å². The molecule has 2 rings (SSSR count). The summed E-state index contributed by atoms with van der Waals surface area (Å²) in [6.07, 6.45) is 4.98. The highest BCUT2D eigenvalue weighted by molar-refractivity contribution is 7.99. The van der Waals surface area contributed by atoms with E-state index in [0.29, 0.717) is 12.2 Å². The Kier molecular flexibility index (Phi) is 14.4. The molecule has 2 aromatic carbocycles. The third-order valence-electron chi connectivity index (χ3n) is 3.91. The number of rotatable bonds is 5. The summed E-state index contributed by atoms with van der Waals surface area (Å²) >= 11 is 1.50. The molecular weight excluding hydrogens is 380 g/mol. The predicted molar refractivity (Wildman–Crippen MR) is 125 cm³/mol. The van der Waals surface area contributed by atoms with Crippen LogP contribution in [0.5, 0.6) is 5.75 Å². The van der Waals surface area contributed by atoms with Gasteiger partial charge in [-0.25, -0.2) is 0 Å². The molecular formula is C24H34N2O2S. The van der Waals surface area contributed by atoms with Gasteiger partial charge in [0, 0.05) is 6.92 Å². The van der Waals surface area contributed by atoms with Crippen molar-refractivity contribution in [3.8, 4) is 22.9 Å². The Hall–Kier alpha value is -2.29. The van der Waals surface area contributed by atoms with Crippen LogP contribution in [-0.2, 0) is 4.79 Å². The molecule has 0 heterocycles. The van der Waals surface area contributed by atoms with Crippen molar-refractivity contribution in [2.75, 3.05) is 6.26 Å². The molecule has 1 unspecified atom stereocenters. The van der Waals surface area contributed by atoms with Crippen LogP contribution in [0, 0.1) is 25.2 Å². The topological polar surface area (TPSA) is 76.1 Å². The number of ether oxygens (including phenoxy) is 1. The Morgan fingerprint density at radius 3 is 2.03 bits per heavy atom. The lowest BCUT2D eigenvalue weighted by Gasteiger charge is -2.08. The number of nitriles is 1. The highest BCUT2D eigenvalue weighted by Gasteiger charge is 2.05. The fourth-order valence-electron chi connectivity index (χ4n) is 2.02. The Morgan fingerprint density at radius 1 is 1.10 bits per heavy atom. The van der Waals surface area contributed by atoms with E-state index in [-0.39, 0.29) is 11.3 Å². The monoisotopic (exact) mass is 414 g/mol. The van der Waals surface area contributed by atoms with E-state index in [9.17, 15) is 4.79 Å². The number of esters is 1. The molecule has 1 atom stereocenters. The minimum Gasteiger partial charge on any atom is -0.426 e. The molecule has 0 saturated carbocycles. The number of carbonyl (C=O) groups excluding carboxylic acids is 1. The maximum absolute atomic E-state index is 10.9. The molecule has 0 aliphatic rings. The van der Waals surface area contributed by atoms with Crippen molar-refractivity contribution >= 4 is 17.7 Å². The van der Waals surface area contributed by atoms with Crippen molar-refractivity contribution in [1.82, 2.24) is 0 Å². The quantitative estimate of drug-likeness (QED) is 0.355. The van der Waals surface area contributed by atoms with Gasteiger partial charge in [-0.05, 0) is 48.9 Å². The molecule has 0 spiro atoms. The molecule has 2 aromatic rings. The van der Waals surface area contributed by atoms with Gasteiger partial charge in [-0.3, -0.25) is 4.79 Å². The SMILES string of the molecule is CC(=O)Oc1ccc(-c2ccc(C)cc2)cc1C.CCCC.CSC(N)CC#N. The van der Waals surface area contributed by atoms with E-state index in [0.717, 1.165) is 16.7 Å². The molecule has 0 aliphatic carbocycles. The molecule has 0 amide bonds. The molecule has 0 saturated heterocycles. The van der Waals surface area contributed by atoms with E-state index in [2.05, 4.69) is 45.0 Å². The summed E-state index contributed by atoms with van der Waals surface area (Å²) in [4.78, 5) is 10.9. The number of nitrogens with two attached hydrogens (primary N) is 1. The molecule has 0 radical (unpaired) electrons. The molecule has 5 heteroatoms. The van der Waals surface area contributed by atoms with Crippen molar-refractivity contribution in [1.29, 1.82) is 5.26 Å². The van der Waals surface area contributed by atoms with Gasteiger partial charge in [0.1, 0.15) is 5.75 Å². The second-order valence-corrected chi connectivity index (χ2v) is 7.65. The number of hydrogen-bond acceptors (Lipinski definition) is 5. The second kappa shape index (κ2) is 15.6. The normalized spacial score (nSPS) is 10.4. The maximum atomic E-state index is 10.9. The van der Waals surface area contributed by atoms with E-state index in [1.54, 1.807) is 0 Å². The van der Waals surface area contributed by atoms with Crippen LogP contribution in [-0.4, -0.2) is 17.6 Å². The van der Waals surface area contributed by atoms with E-state index in [1.807, 2.05) is 37.4 Å². The molecule has 0 aliphatic heterocycles. The first-order valence-corrected chi connectivity index (χ1v) is 11.1. The van der Waals surface area contributed by atoms with Gasteiger partial charge in [0.05, 0.1) is 17.9 Å². The van der Waals surface area contributed by atoms with Gasteiger partial charge in [-0.1, -0.05) is 62.6 Å². The number of thioether (sulfide) groups is 1. The predicted octanol–water partition coefficient (Wildman–Crippen LogP) is 6.25. The van der Waals surface area contributed by atoms with Crippen molar-refractivity contribution in [3.63, 3.8) is 0 Å². The first kappa shape index (κ1) is 26.7. The fraction of sp³-hybridized carbons (Fsp3) is 0.417. The van der Waals surface area contributed by atoms with E-state index < -0.39 is 0 Å². The van der Waals surface area contributed by atoms with Crippen molar-refractivity contribution < 1.29 is 9.53 Å². The Balaban J connectivity index is 0.000000594. The molecule has 0 aromatic heterocycles. The van der Waals surface area contributed by atoms with Gasteiger partial charge in [-0.15, -0.1) is 11.8 Å². The van der Waals surface area contributed by atoms with Crippen LogP contribution >= 0.6 is 11.8 Å². The van der Waals surface area contributed by atoms with Crippen LogP contribution in [0.4, 0.5) is 0 Å². The molecule has 4 nitrogen and oxygen atoms in total. The summed E-state index contributed by atoms with van der Waals surface area (Å²) in [7, 11) is 0. The van der Waals surface area contributed by atoms with Crippen LogP contribution < -0.4 is 10.5 Å². The summed E-state index contributed by atoms with van der Waals surface area (Å²) < 4.78 is 5.12. The average molecular weight is 415 g/mol. The maximum Gasteiger partial charge on any atom is 0.308 e. The highest BCUT2D eigenvalue weighted by Crippen LogP contribution is 2.26. The zero-order valence-corrected chi connectivity index (χ0v) is 19.3. The van der Waals surface area contributed by atoms with Crippen LogP contribution in [0.15, 0.2) is 42.5 Å². The lowest BCUT2D eigenvalue weighted by atomic mass is 10.0. The smallest absolute Gasteiger partial charge is 0.308 e. The van der Waals surface area contributed by atoms with Crippen LogP contribution in [0.3, 0.4) is 0 Å². The lowest BCUT2D eigenvalue weighted by molar-refractivity contribution is -0.131. The number of aryl methyl sites for hydroxylation is 2. The van der Waals surface area contributed by atoms with Crippen LogP contribution in [0.2, 0.25) is 0 Å². The Bertz CT molecular complexity index is 765. The van der Waals surface area contributed by atoms with Gasteiger partial charge in [-0.2, -0.15) is 5.26 Å². The van der Waals surface area contributed by atoms with Crippen molar-refractivity contribution in [2.45, 2.75) is 59.3 Å². The fourth-order valence-corrected chi connectivity index (χ4v) is 2.26. The molecule has 2 N–H and O–H groups in total. The van der Waals surface area contributed by atoms with E-state index in [4.69, 9.17) is 15.7 Å². The number of unbranched alkanes of at least 4 members (excludes halogenated alkanes) is 1. The van der Waals surface area contributed by atoms with E-state index >= 15 is 0 Å². The highest BCUT2D eigenvalue weighted by atomic mass is 32.2. The lowest BCUT2D eigenvalue weighted by Crippen LogP contribution is -2.12. The number of nitrogens with zero attached hydrogens (tertiary/aromatic N) is 1. The summed E-state index contributed by atoms with van der Waals surface area (Å²) in [6, 6.07) is 16.2. The summed E-state index contributed by atoms with van der Waals surface area (Å²) in [5, 5.41) is 8.03. The van der Waals surface area contributed by atoms with E-state index in [1.165, 1.54) is 37.1 Å². The second-order valence-electron chi connectivity index (χ2n) is 6.58. The van der Waals surface area contributed by atoms with Gasteiger partial charge >= 0.3 is 5.97 Å². The third kappa shape index (κ3) is 12.0. The largest absolute Gasteiger partial charge is 0.426 e. The zero-order chi connectivity index (χ0) is 22.2. The Labute approximate surface area is 180 Å². The summed E-state index contributed by atoms with van der Waals surface area (Å²) in [6.45, 7) is 9.78. The number of carbonyl (C=O) groups is 1. The first-order valence-electron chi connectivity index (χ1n) is 9.80. The summed E-state index contributed by atoms with van der Waals surface area (Å²) in [5.74, 6) is 0.333. The molecule has 0 fully saturated rings. The minimum absolute atomic E-state index is 0.00463. The van der Waals surface area contributed by atoms with Crippen LogP contribution in [0.1, 0.15) is 51.2 Å². The van der Waals surface area contributed by atoms with Crippen LogP contribution in [0.25, 0.3) is 11.1 Å². The summed E-state index contributed by atoms with van der Waals surface area (Å²) in [5.41, 5.74) is 9.82. The number of hydrogen-bond donors (Lipinski definition) is 1. The first-order chi connectivity index (χ1) is 13.8. The Morgan fingerprint density at radius 2 is 1.66 bits per heavy atom. The molecule has 0 bridgehead atoms. The van der Waals surface area contributed by atoms with Gasteiger partial charge in [0.2, 0.25) is 0 Å².